The molecule has 0 aliphatic carbocycles. The van der Waals surface area contributed by atoms with Gasteiger partial charge in [-0.15, -0.1) is 0 Å². The van der Waals surface area contributed by atoms with E-state index < -0.39 is 19.1 Å². The van der Waals surface area contributed by atoms with Crippen LogP contribution in [0.1, 0.15) is 5.56 Å². The molecule has 1 aromatic rings. The Kier molecular flexibility index (Phi) is 4.92. The predicted octanol–water partition coefficient (Wildman–Crippen LogP) is 2.71. The van der Waals surface area contributed by atoms with Crippen LogP contribution in [0.2, 0.25) is 10.0 Å². The highest BCUT2D eigenvalue weighted by Gasteiger charge is 2.26. The van der Waals surface area contributed by atoms with Crippen molar-refractivity contribution in [1.29, 1.82) is 0 Å². The minimum absolute atomic E-state index is 0.176. The molecular formula is C10H11Cl2F2NO. The average molecular weight is 270 g/mol. The van der Waals surface area contributed by atoms with Crippen LogP contribution >= 0.6 is 23.2 Å². The van der Waals surface area contributed by atoms with Gasteiger partial charge < -0.3 is 10.4 Å². The Bertz CT molecular complexity index is 361. The van der Waals surface area contributed by atoms with Gasteiger partial charge in [0.05, 0.1) is 6.54 Å². The van der Waals surface area contributed by atoms with Gasteiger partial charge in [-0.2, -0.15) is 0 Å². The third kappa shape index (κ3) is 4.22. The van der Waals surface area contributed by atoms with E-state index in [0.717, 1.165) is 0 Å². The fourth-order valence-electron chi connectivity index (χ4n) is 1.11. The van der Waals surface area contributed by atoms with E-state index in [-0.39, 0.29) is 6.54 Å². The van der Waals surface area contributed by atoms with Gasteiger partial charge in [-0.3, -0.25) is 0 Å². The fraction of sp³-hybridized carbons (Fsp3) is 0.400. The lowest BCUT2D eigenvalue weighted by atomic mass is 10.2. The molecule has 2 N–H and O–H groups in total. The molecule has 0 spiro atoms. The van der Waals surface area contributed by atoms with E-state index in [4.69, 9.17) is 28.3 Å². The lowest BCUT2D eigenvalue weighted by Crippen LogP contribution is -2.35. The minimum atomic E-state index is -3.12. The normalized spacial score (nSPS) is 11.8. The summed E-state index contributed by atoms with van der Waals surface area (Å²) in [4.78, 5) is 0. The number of aliphatic hydroxyl groups is 1. The van der Waals surface area contributed by atoms with Crippen molar-refractivity contribution in [2.24, 2.45) is 0 Å². The van der Waals surface area contributed by atoms with Crippen molar-refractivity contribution in [2.75, 3.05) is 13.2 Å². The fourth-order valence-corrected chi connectivity index (χ4v) is 1.49. The highest BCUT2D eigenvalue weighted by atomic mass is 35.5. The standard InChI is InChI=1S/C10H11Cl2F2NO/c11-8-1-2-9(12)7(3-8)4-15-5-10(13,14)6-16/h1-3,15-16H,4-6H2. The van der Waals surface area contributed by atoms with E-state index in [1.165, 1.54) is 0 Å². The average Bonchev–Trinajstić information content (AvgIpc) is 2.23. The van der Waals surface area contributed by atoms with Crippen LogP contribution in [0, 0.1) is 0 Å². The summed E-state index contributed by atoms with van der Waals surface area (Å²) in [7, 11) is 0. The van der Waals surface area contributed by atoms with Crippen molar-refractivity contribution in [3.8, 4) is 0 Å². The molecule has 0 saturated heterocycles. The zero-order valence-electron chi connectivity index (χ0n) is 8.31. The molecule has 0 bridgehead atoms. The Morgan fingerprint density at radius 3 is 2.62 bits per heavy atom. The molecule has 1 rings (SSSR count). The number of rotatable bonds is 5. The lowest BCUT2D eigenvalue weighted by Gasteiger charge is -2.14. The summed E-state index contributed by atoms with van der Waals surface area (Å²) in [6.45, 7) is -1.61. The summed E-state index contributed by atoms with van der Waals surface area (Å²) in [5, 5.41) is 11.8. The molecule has 0 aromatic heterocycles. The first kappa shape index (κ1) is 13.6. The second-order valence-corrected chi connectivity index (χ2v) is 4.20. The number of benzene rings is 1. The molecule has 0 saturated carbocycles. The molecule has 6 heteroatoms. The Morgan fingerprint density at radius 2 is 2.00 bits per heavy atom. The highest BCUT2D eigenvalue weighted by Crippen LogP contribution is 2.20. The first-order valence-corrected chi connectivity index (χ1v) is 5.33. The van der Waals surface area contributed by atoms with Crippen LogP contribution in [0.15, 0.2) is 18.2 Å². The summed E-state index contributed by atoms with van der Waals surface area (Å²) in [5.74, 6) is -3.12. The quantitative estimate of drug-likeness (QED) is 0.862. The molecular weight excluding hydrogens is 259 g/mol. The van der Waals surface area contributed by atoms with Gasteiger partial charge in [0.1, 0.15) is 6.61 Å². The van der Waals surface area contributed by atoms with Crippen molar-refractivity contribution >= 4 is 23.2 Å². The number of aliphatic hydroxyl groups excluding tert-OH is 1. The Morgan fingerprint density at radius 1 is 1.31 bits per heavy atom. The zero-order chi connectivity index (χ0) is 12.2. The molecule has 0 aliphatic heterocycles. The molecule has 0 radical (unpaired) electrons. The van der Waals surface area contributed by atoms with Gasteiger partial charge in [0.25, 0.3) is 5.92 Å². The van der Waals surface area contributed by atoms with Crippen LogP contribution in [-0.4, -0.2) is 24.2 Å². The van der Waals surface area contributed by atoms with E-state index in [1.807, 2.05) is 0 Å². The molecule has 1 aromatic carbocycles. The third-order valence-corrected chi connectivity index (χ3v) is 2.54. The first-order valence-electron chi connectivity index (χ1n) is 4.58. The summed E-state index contributed by atoms with van der Waals surface area (Å²) in [5.41, 5.74) is 0.642. The predicted molar refractivity (Wildman–Crippen MR) is 60.2 cm³/mol. The van der Waals surface area contributed by atoms with Crippen molar-refractivity contribution < 1.29 is 13.9 Å². The van der Waals surface area contributed by atoms with Crippen LogP contribution in [0.25, 0.3) is 0 Å². The molecule has 0 heterocycles. The molecule has 16 heavy (non-hydrogen) atoms. The van der Waals surface area contributed by atoms with Gasteiger partial charge in [-0.1, -0.05) is 23.2 Å². The Hall–Kier alpha value is -0.420. The van der Waals surface area contributed by atoms with Crippen LogP contribution in [-0.2, 0) is 6.54 Å². The Balaban J connectivity index is 2.52. The summed E-state index contributed by atoms with van der Waals surface area (Å²) in [6.07, 6.45) is 0. The van der Waals surface area contributed by atoms with Gasteiger partial charge in [-0.05, 0) is 23.8 Å². The molecule has 0 aliphatic rings. The van der Waals surface area contributed by atoms with Gasteiger partial charge >= 0.3 is 0 Å². The van der Waals surface area contributed by atoms with Gasteiger partial charge in [0.2, 0.25) is 0 Å². The van der Waals surface area contributed by atoms with Crippen molar-refractivity contribution in [2.45, 2.75) is 12.5 Å². The second kappa shape index (κ2) is 5.77. The minimum Gasteiger partial charge on any atom is -0.390 e. The van der Waals surface area contributed by atoms with Gasteiger partial charge in [0.15, 0.2) is 0 Å². The van der Waals surface area contributed by atoms with E-state index in [2.05, 4.69) is 5.32 Å². The molecule has 0 atom stereocenters. The second-order valence-electron chi connectivity index (χ2n) is 3.35. The SMILES string of the molecule is OCC(F)(F)CNCc1cc(Cl)ccc1Cl. The summed E-state index contributed by atoms with van der Waals surface area (Å²) < 4.78 is 25.3. The number of nitrogens with one attached hydrogen (secondary N) is 1. The number of halogens is 4. The lowest BCUT2D eigenvalue weighted by molar-refractivity contribution is -0.0477. The molecule has 90 valence electrons. The monoisotopic (exact) mass is 269 g/mol. The van der Waals surface area contributed by atoms with Crippen LogP contribution < -0.4 is 5.32 Å². The first-order chi connectivity index (χ1) is 7.44. The molecule has 2 nitrogen and oxygen atoms in total. The van der Waals surface area contributed by atoms with E-state index in [0.29, 0.717) is 15.6 Å². The third-order valence-electron chi connectivity index (χ3n) is 1.94. The van der Waals surface area contributed by atoms with Crippen LogP contribution in [0.3, 0.4) is 0 Å². The number of hydrogen-bond acceptors (Lipinski definition) is 2. The zero-order valence-corrected chi connectivity index (χ0v) is 9.82. The van der Waals surface area contributed by atoms with E-state index in [9.17, 15) is 8.78 Å². The maximum Gasteiger partial charge on any atom is 0.282 e. The largest absolute Gasteiger partial charge is 0.390 e. The van der Waals surface area contributed by atoms with E-state index >= 15 is 0 Å². The van der Waals surface area contributed by atoms with Crippen LogP contribution in [0.5, 0.6) is 0 Å². The number of hydrogen-bond donors (Lipinski definition) is 2. The number of alkyl halides is 2. The topological polar surface area (TPSA) is 32.3 Å². The summed E-state index contributed by atoms with van der Waals surface area (Å²) in [6, 6.07) is 4.83. The van der Waals surface area contributed by atoms with Crippen LogP contribution in [0.4, 0.5) is 8.78 Å². The Labute approximate surface area is 102 Å². The molecule has 0 fully saturated rings. The highest BCUT2D eigenvalue weighted by molar-refractivity contribution is 6.33. The summed E-state index contributed by atoms with van der Waals surface area (Å²) >= 11 is 11.6. The maximum absolute atomic E-state index is 12.7. The van der Waals surface area contributed by atoms with Crippen molar-refractivity contribution in [3.63, 3.8) is 0 Å². The van der Waals surface area contributed by atoms with E-state index in [1.54, 1.807) is 18.2 Å². The maximum atomic E-state index is 12.7. The smallest absolute Gasteiger partial charge is 0.282 e. The van der Waals surface area contributed by atoms with Gasteiger partial charge in [0, 0.05) is 16.6 Å². The van der Waals surface area contributed by atoms with Crippen molar-refractivity contribution in [3.05, 3.63) is 33.8 Å². The molecule has 0 amide bonds. The van der Waals surface area contributed by atoms with Crippen molar-refractivity contribution in [1.82, 2.24) is 5.32 Å². The van der Waals surface area contributed by atoms with Gasteiger partial charge in [-0.25, -0.2) is 8.78 Å². The molecule has 0 unspecified atom stereocenters.